The predicted molar refractivity (Wildman–Crippen MR) is 71.8 cm³/mol. The van der Waals surface area contributed by atoms with E-state index < -0.39 is 0 Å². The van der Waals surface area contributed by atoms with Crippen molar-refractivity contribution in [3.8, 4) is 0 Å². The summed E-state index contributed by atoms with van der Waals surface area (Å²) in [6.45, 7) is 2.21. The monoisotopic (exact) mass is 268 g/mol. The fourth-order valence-electron chi connectivity index (χ4n) is 1.83. The topological polar surface area (TPSA) is 0 Å². The van der Waals surface area contributed by atoms with Gasteiger partial charge in [-0.3, -0.25) is 0 Å². The molecule has 1 aromatic rings. The van der Waals surface area contributed by atoms with E-state index in [0.29, 0.717) is 0 Å². The summed E-state index contributed by atoms with van der Waals surface area (Å²) in [5.41, 5.74) is 2.97. The minimum absolute atomic E-state index is 1.16. The molecule has 84 valence electrons. The zero-order chi connectivity index (χ0) is 10.9. The Hall–Kier alpha value is -0.300. The first-order valence-corrected chi connectivity index (χ1v) is 7.07. The Labute approximate surface area is 102 Å². The Morgan fingerprint density at radius 3 is 2.33 bits per heavy atom. The first kappa shape index (κ1) is 12.8. The third kappa shape index (κ3) is 5.36. The summed E-state index contributed by atoms with van der Waals surface area (Å²) in [5.74, 6) is 0. The molecule has 1 rings (SSSR count). The number of rotatable bonds is 7. The van der Waals surface area contributed by atoms with E-state index in [-0.39, 0.29) is 0 Å². The highest BCUT2D eigenvalue weighted by Crippen LogP contribution is 2.12. The van der Waals surface area contributed by atoms with E-state index in [1.807, 2.05) is 0 Å². The molecule has 0 aliphatic carbocycles. The Kier molecular flexibility index (Phi) is 6.74. The molecule has 0 N–H and O–H groups in total. The van der Waals surface area contributed by atoms with Crippen molar-refractivity contribution in [3.05, 3.63) is 35.4 Å². The third-order valence-corrected chi connectivity index (χ3v) is 3.40. The maximum absolute atomic E-state index is 3.46. The third-order valence-electron chi connectivity index (χ3n) is 2.84. The highest BCUT2D eigenvalue weighted by atomic mass is 79.9. The molecule has 0 atom stereocenters. The molecule has 0 fully saturated rings. The van der Waals surface area contributed by atoms with Crippen LogP contribution < -0.4 is 0 Å². The van der Waals surface area contributed by atoms with Crippen LogP contribution in [0.15, 0.2) is 24.3 Å². The smallest absolute Gasteiger partial charge is 0.00313 e. The number of benzene rings is 1. The SMILES string of the molecule is Cc1ccccc1CCCCCCCBr. The minimum Gasteiger partial charge on any atom is -0.0928 e. The molecule has 0 saturated heterocycles. The van der Waals surface area contributed by atoms with Crippen molar-refractivity contribution >= 4 is 15.9 Å². The van der Waals surface area contributed by atoms with Crippen molar-refractivity contribution in [1.29, 1.82) is 0 Å². The van der Waals surface area contributed by atoms with Gasteiger partial charge in [-0.05, 0) is 37.3 Å². The van der Waals surface area contributed by atoms with Gasteiger partial charge in [0.05, 0.1) is 0 Å². The largest absolute Gasteiger partial charge is 0.0928 e. The van der Waals surface area contributed by atoms with Crippen LogP contribution in [0.1, 0.15) is 43.2 Å². The molecule has 0 saturated carbocycles. The van der Waals surface area contributed by atoms with Crippen LogP contribution in [-0.2, 0) is 6.42 Å². The summed E-state index contributed by atoms with van der Waals surface area (Å²) in [6.07, 6.45) is 8.05. The van der Waals surface area contributed by atoms with Gasteiger partial charge in [0.2, 0.25) is 0 Å². The molecule has 1 aromatic carbocycles. The quantitative estimate of drug-likeness (QED) is 0.488. The highest BCUT2D eigenvalue weighted by Gasteiger charge is 1.96. The maximum Gasteiger partial charge on any atom is 0.00313 e. The fourth-order valence-corrected chi connectivity index (χ4v) is 2.23. The average Bonchev–Trinajstić information content (AvgIpc) is 2.25. The van der Waals surface area contributed by atoms with Gasteiger partial charge >= 0.3 is 0 Å². The molecule has 0 heterocycles. The lowest BCUT2D eigenvalue weighted by molar-refractivity contribution is 0.635. The lowest BCUT2D eigenvalue weighted by Gasteiger charge is -2.04. The van der Waals surface area contributed by atoms with Gasteiger partial charge in [0, 0.05) is 5.33 Å². The average molecular weight is 269 g/mol. The molecular weight excluding hydrogens is 248 g/mol. The van der Waals surface area contributed by atoms with Crippen molar-refractivity contribution in [2.75, 3.05) is 5.33 Å². The molecule has 0 spiro atoms. The summed E-state index contributed by atoms with van der Waals surface area (Å²) in [6, 6.07) is 8.73. The van der Waals surface area contributed by atoms with Crippen LogP contribution in [0.5, 0.6) is 0 Å². The number of aryl methyl sites for hydroxylation is 2. The van der Waals surface area contributed by atoms with Crippen molar-refractivity contribution in [1.82, 2.24) is 0 Å². The number of alkyl halides is 1. The molecule has 0 aliphatic heterocycles. The summed E-state index contributed by atoms with van der Waals surface area (Å²) >= 11 is 3.46. The first-order chi connectivity index (χ1) is 7.34. The molecule has 15 heavy (non-hydrogen) atoms. The van der Waals surface area contributed by atoms with E-state index >= 15 is 0 Å². The number of unbranched alkanes of at least 4 members (excludes halogenated alkanes) is 4. The van der Waals surface area contributed by atoms with Gasteiger partial charge in [-0.2, -0.15) is 0 Å². The summed E-state index contributed by atoms with van der Waals surface area (Å²) < 4.78 is 0. The molecular formula is C14H21Br. The van der Waals surface area contributed by atoms with Gasteiger partial charge in [0.15, 0.2) is 0 Å². The maximum atomic E-state index is 3.46. The van der Waals surface area contributed by atoms with Gasteiger partial charge < -0.3 is 0 Å². The van der Waals surface area contributed by atoms with Crippen molar-refractivity contribution in [2.45, 2.75) is 45.4 Å². The second-order valence-corrected chi connectivity index (χ2v) is 4.93. The Bertz CT molecular complexity index is 268. The van der Waals surface area contributed by atoms with Gasteiger partial charge in [0.25, 0.3) is 0 Å². The lowest BCUT2D eigenvalue weighted by atomic mass is 10.0. The van der Waals surface area contributed by atoms with Crippen LogP contribution in [0, 0.1) is 6.92 Å². The standard InChI is InChI=1S/C14H21Br/c1-13-9-6-7-11-14(13)10-5-3-2-4-8-12-15/h6-7,9,11H,2-5,8,10,12H2,1H3. The van der Waals surface area contributed by atoms with Crippen molar-refractivity contribution in [3.63, 3.8) is 0 Å². The lowest BCUT2D eigenvalue weighted by Crippen LogP contribution is -1.89. The predicted octanol–water partition coefficient (Wildman–Crippen LogP) is 4.88. The van der Waals surface area contributed by atoms with Crippen LogP contribution >= 0.6 is 15.9 Å². The molecule has 0 bridgehead atoms. The number of hydrogen-bond acceptors (Lipinski definition) is 0. The normalized spacial score (nSPS) is 10.5. The van der Waals surface area contributed by atoms with Gasteiger partial charge in [-0.25, -0.2) is 0 Å². The first-order valence-electron chi connectivity index (χ1n) is 5.95. The molecule has 1 heteroatoms. The van der Waals surface area contributed by atoms with E-state index in [2.05, 4.69) is 47.1 Å². The molecule has 0 unspecified atom stereocenters. The van der Waals surface area contributed by atoms with E-state index in [4.69, 9.17) is 0 Å². The summed E-state index contributed by atoms with van der Waals surface area (Å²) in [5, 5.41) is 1.16. The van der Waals surface area contributed by atoms with E-state index in [1.165, 1.54) is 49.7 Å². The van der Waals surface area contributed by atoms with E-state index in [1.54, 1.807) is 0 Å². The fraction of sp³-hybridized carbons (Fsp3) is 0.571. The van der Waals surface area contributed by atoms with Gasteiger partial charge in [-0.15, -0.1) is 0 Å². The number of hydrogen-bond donors (Lipinski definition) is 0. The van der Waals surface area contributed by atoms with Crippen LogP contribution in [0.2, 0.25) is 0 Å². The second-order valence-electron chi connectivity index (χ2n) is 4.13. The van der Waals surface area contributed by atoms with Crippen LogP contribution in [0.25, 0.3) is 0 Å². The molecule has 0 aliphatic rings. The number of halogens is 1. The summed E-state index contributed by atoms with van der Waals surface area (Å²) in [4.78, 5) is 0. The highest BCUT2D eigenvalue weighted by molar-refractivity contribution is 9.09. The summed E-state index contributed by atoms with van der Waals surface area (Å²) in [7, 11) is 0. The Morgan fingerprint density at radius 1 is 0.933 bits per heavy atom. The molecule has 0 radical (unpaired) electrons. The van der Waals surface area contributed by atoms with Crippen LogP contribution in [0.3, 0.4) is 0 Å². The Morgan fingerprint density at radius 2 is 1.60 bits per heavy atom. The second kappa shape index (κ2) is 7.92. The van der Waals surface area contributed by atoms with Gasteiger partial charge in [0.1, 0.15) is 0 Å². The Balaban J connectivity index is 2.12. The van der Waals surface area contributed by atoms with Crippen LogP contribution in [-0.4, -0.2) is 5.33 Å². The van der Waals surface area contributed by atoms with Crippen LogP contribution in [0.4, 0.5) is 0 Å². The zero-order valence-electron chi connectivity index (χ0n) is 9.64. The molecule has 0 amide bonds. The van der Waals surface area contributed by atoms with E-state index in [0.717, 1.165) is 5.33 Å². The van der Waals surface area contributed by atoms with Crippen molar-refractivity contribution < 1.29 is 0 Å². The zero-order valence-corrected chi connectivity index (χ0v) is 11.2. The van der Waals surface area contributed by atoms with E-state index in [9.17, 15) is 0 Å². The molecule has 0 aromatic heterocycles. The minimum atomic E-state index is 1.16. The van der Waals surface area contributed by atoms with Crippen molar-refractivity contribution in [2.24, 2.45) is 0 Å². The molecule has 0 nitrogen and oxygen atoms in total. The van der Waals surface area contributed by atoms with Gasteiger partial charge in [-0.1, -0.05) is 59.5 Å².